The quantitative estimate of drug-likeness (QED) is 0.811. The molecule has 0 bridgehead atoms. The van der Waals surface area contributed by atoms with Crippen LogP contribution in [0.3, 0.4) is 0 Å². The molecule has 3 N–H and O–H groups in total. The Balaban J connectivity index is 1.89. The summed E-state index contributed by atoms with van der Waals surface area (Å²) in [4.78, 5) is 25.7. The van der Waals surface area contributed by atoms with Gasteiger partial charge in [0.05, 0.1) is 11.9 Å². The largest absolute Gasteiger partial charge is 0.329 e. The number of amides is 3. The van der Waals surface area contributed by atoms with E-state index in [0.717, 1.165) is 10.5 Å². The highest BCUT2D eigenvalue weighted by Crippen LogP contribution is 2.26. The van der Waals surface area contributed by atoms with Crippen molar-refractivity contribution in [2.75, 3.05) is 4.90 Å². The number of urea groups is 1. The number of rotatable bonds is 3. The van der Waals surface area contributed by atoms with E-state index in [1.165, 1.54) is 0 Å². The molecule has 108 valence electrons. The van der Waals surface area contributed by atoms with Gasteiger partial charge in [0.1, 0.15) is 6.04 Å². The minimum Gasteiger partial charge on any atom is -0.326 e. The summed E-state index contributed by atoms with van der Waals surface area (Å²) in [5, 5.41) is 6.69. The van der Waals surface area contributed by atoms with Crippen molar-refractivity contribution in [2.24, 2.45) is 12.8 Å². The zero-order valence-electron chi connectivity index (χ0n) is 11.5. The van der Waals surface area contributed by atoms with Crippen molar-refractivity contribution in [3.8, 4) is 0 Å². The van der Waals surface area contributed by atoms with Crippen molar-refractivity contribution < 1.29 is 9.59 Å². The molecule has 2 heterocycles. The summed E-state index contributed by atoms with van der Waals surface area (Å²) in [7, 11) is 1.76. The number of hydrogen-bond acceptors (Lipinski definition) is 4. The number of nitrogens with zero attached hydrogens (tertiary/aromatic N) is 3. The second-order valence-corrected chi connectivity index (χ2v) is 4.87. The molecule has 0 radical (unpaired) electrons. The molecule has 21 heavy (non-hydrogen) atoms. The topological polar surface area (TPSA) is 93.3 Å². The molecule has 1 aliphatic heterocycles. The second-order valence-electron chi connectivity index (χ2n) is 4.87. The number of aromatic nitrogens is 2. The van der Waals surface area contributed by atoms with Crippen LogP contribution in [0.15, 0.2) is 36.7 Å². The van der Waals surface area contributed by atoms with Crippen molar-refractivity contribution >= 4 is 17.6 Å². The van der Waals surface area contributed by atoms with E-state index in [2.05, 4.69) is 10.4 Å². The van der Waals surface area contributed by atoms with Gasteiger partial charge < -0.3 is 11.1 Å². The molecule has 0 aliphatic carbocycles. The maximum absolute atomic E-state index is 12.5. The molecule has 1 aromatic carbocycles. The molecular weight excluding hydrogens is 270 g/mol. The number of imide groups is 1. The van der Waals surface area contributed by atoms with Gasteiger partial charge in [0, 0.05) is 25.4 Å². The Morgan fingerprint density at radius 3 is 2.57 bits per heavy atom. The fourth-order valence-corrected chi connectivity index (χ4v) is 2.32. The highest BCUT2D eigenvalue weighted by Gasteiger charge is 2.40. The molecule has 1 unspecified atom stereocenters. The standard InChI is InChI=1S/C14H15N5O2/c1-18-8-10(7-16-18)12-13(20)19(14(21)17-12)11-4-2-9(6-15)3-5-11/h2-5,7-8,12H,6,15H2,1H3,(H,17,21). The van der Waals surface area contributed by atoms with Gasteiger partial charge in [-0.15, -0.1) is 0 Å². The Bertz CT molecular complexity index is 692. The average Bonchev–Trinajstić information content (AvgIpc) is 3.03. The first kappa shape index (κ1) is 13.3. The third-order valence-corrected chi connectivity index (χ3v) is 3.43. The van der Waals surface area contributed by atoms with E-state index >= 15 is 0 Å². The molecule has 1 atom stereocenters. The third kappa shape index (κ3) is 2.27. The van der Waals surface area contributed by atoms with Gasteiger partial charge in [-0.2, -0.15) is 5.10 Å². The summed E-state index contributed by atoms with van der Waals surface area (Å²) >= 11 is 0. The highest BCUT2D eigenvalue weighted by atomic mass is 16.2. The van der Waals surface area contributed by atoms with Crippen LogP contribution in [0.2, 0.25) is 0 Å². The first-order chi connectivity index (χ1) is 10.1. The van der Waals surface area contributed by atoms with Crippen LogP contribution in [0.25, 0.3) is 0 Å². The second kappa shape index (κ2) is 5.02. The lowest BCUT2D eigenvalue weighted by molar-refractivity contribution is -0.118. The van der Waals surface area contributed by atoms with Gasteiger partial charge in [-0.25, -0.2) is 9.69 Å². The Morgan fingerprint density at radius 1 is 1.29 bits per heavy atom. The SMILES string of the molecule is Cn1cc(C2NC(=O)N(c3ccc(CN)cc3)C2=O)cn1. The van der Waals surface area contributed by atoms with E-state index in [-0.39, 0.29) is 5.91 Å². The van der Waals surface area contributed by atoms with E-state index in [1.807, 2.05) is 0 Å². The molecule has 3 amide bonds. The number of benzene rings is 1. The summed E-state index contributed by atoms with van der Waals surface area (Å²) < 4.78 is 1.59. The van der Waals surface area contributed by atoms with Gasteiger partial charge >= 0.3 is 6.03 Å². The van der Waals surface area contributed by atoms with Crippen molar-refractivity contribution in [2.45, 2.75) is 12.6 Å². The van der Waals surface area contributed by atoms with E-state index in [0.29, 0.717) is 17.8 Å². The van der Waals surface area contributed by atoms with E-state index in [4.69, 9.17) is 5.73 Å². The van der Waals surface area contributed by atoms with Gasteiger partial charge in [0.2, 0.25) is 0 Å². The Hall–Kier alpha value is -2.67. The number of carbonyl (C=O) groups excluding carboxylic acids is 2. The van der Waals surface area contributed by atoms with E-state index in [9.17, 15) is 9.59 Å². The molecule has 3 rings (SSSR count). The van der Waals surface area contributed by atoms with Crippen molar-refractivity contribution in [1.29, 1.82) is 0 Å². The zero-order chi connectivity index (χ0) is 15.0. The van der Waals surface area contributed by atoms with Gasteiger partial charge in [-0.3, -0.25) is 9.48 Å². The number of hydrogen-bond donors (Lipinski definition) is 2. The first-order valence-corrected chi connectivity index (χ1v) is 6.52. The molecule has 7 heteroatoms. The minimum absolute atomic E-state index is 0.312. The Morgan fingerprint density at radius 2 is 2.00 bits per heavy atom. The fourth-order valence-electron chi connectivity index (χ4n) is 2.32. The van der Waals surface area contributed by atoms with Crippen molar-refractivity contribution in [1.82, 2.24) is 15.1 Å². The van der Waals surface area contributed by atoms with E-state index < -0.39 is 12.1 Å². The molecule has 1 saturated heterocycles. The van der Waals surface area contributed by atoms with Crippen LogP contribution in [0, 0.1) is 0 Å². The molecule has 1 fully saturated rings. The lowest BCUT2D eigenvalue weighted by Gasteiger charge is -2.13. The highest BCUT2D eigenvalue weighted by molar-refractivity contribution is 6.21. The molecule has 7 nitrogen and oxygen atoms in total. The first-order valence-electron chi connectivity index (χ1n) is 6.52. The average molecular weight is 285 g/mol. The molecule has 2 aromatic rings. The molecule has 0 saturated carbocycles. The Kier molecular flexibility index (Phi) is 3.19. The predicted molar refractivity (Wildman–Crippen MR) is 76.3 cm³/mol. The lowest BCUT2D eigenvalue weighted by Crippen LogP contribution is -2.30. The van der Waals surface area contributed by atoms with Crippen molar-refractivity contribution in [3.05, 3.63) is 47.8 Å². The van der Waals surface area contributed by atoms with Crippen LogP contribution in [-0.4, -0.2) is 21.7 Å². The number of carbonyl (C=O) groups is 2. The van der Waals surface area contributed by atoms with Crippen LogP contribution >= 0.6 is 0 Å². The summed E-state index contributed by atoms with van der Waals surface area (Å²) in [5.41, 5.74) is 7.67. The lowest BCUT2D eigenvalue weighted by atomic mass is 10.1. The predicted octanol–water partition coefficient (Wildman–Crippen LogP) is 0.676. The summed E-state index contributed by atoms with van der Waals surface area (Å²) in [5.74, 6) is -0.312. The normalized spacial score (nSPS) is 18.2. The number of nitrogens with two attached hydrogens (primary N) is 1. The van der Waals surface area contributed by atoms with Gasteiger partial charge in [0.25, 0.3) is 5.91 Å². The smallest absolute Gasteiger partial charge is 0.326 e. The van der Waals surface area contributed by atoms with Gasteiger partial charge in [-0.1, -0.05) is 12.1 Å². The van der Waals surface area contributed by atoms with E-state index in [1.54, 1.807) is 48.4 Å². The van der Waals surface area contributed by atoms with Crippen LogP contribution in [0.5, 0.6) is 0 Å². The molecular formula is C14H15N5O2. The van der Waals surface area contributed by atoms with Crippen LogP contribution in [-0.2, 0) is 18.4 Å². The van der Waals surface area contributed by atoms with Crippen LogP contribution in [0.4, 0.5) is 10.5 Å². The minimum atomic E-state index is -0.694. The third-order valence-electron chi connectivity index (χ3n) is 3.43. The summed E-state index contributed by atoms with van der Waals surface area (Å²) in [6.45, 7) is 0.415. The number of aryl methyl sites for hydroxylation is 1. The van der Waals surface area contributed by atoms with Gasteiger partial charge in [0.15, 0.2) is 0 Å². The van der Waals surface area contributed by atoms with Crippen molar-refractivity contribution in [3.63, 3.8) is 0 Å². The maximum atomic E-state index is 12.5. The molecule has 1 aromatic heterocycles. The summed E-state index contributed by atoms with van der Waals surface area (Å²) in [6.07, 6.45) is 3.29. The van der Waals surface area contributed by atoms with Gasteiger partial charge in [-0.05, 0) is 17.7 Å². The maximum Gasteiger partial charge on any atom is 0.329 e. The zero-order valence-corrected chi connectivity index (χ0v) is 11.5. The van der Waals surface area contributed by atoms with Crippen LogP contribution in [0.1, 0.15) is 17.2 Å². The summed E-state index contributed by atoms with van der Waals surface area (Å²) in [6, 6.07) is 5.90. The molecule has 1 aliphatic rings. The number of nitrogens with one attached hydrogen (secondary N) is 1. The fraction of sp³-hybridized carbons (Fsp3) is 0.214. The monoisotopic (exact) mass is 285 g/mol. The van der Waals surface area contributed by atoms with Crippen LogP contribution < -0.4 is 16.0 Å². The Labute approximate surface area is 121 Å². The molecule has 0 spiro atoms. The number of anilines is 1.